The third-order valence-electron chi connectivity index (χ3n) is 18.6. The Morgan fingerprint density at radius 3 is 0.989 bits per heavy atom. The van der Waals surface area contributed by atoms with Crippen LogP contribution >= 0.6 is 0 Å². The summed E-state index contributed by atoms with van der Waals surface area (Å²) in [5, 5.41) is 10.5. The van der Waals surface area contributed by atoms with Crippen molar-refractivity contribution in [2.75, 3.05) is 34.9 Å². The van der Waals surface area contributed by atoms with E-state index in [1.165, 1.54) is 61.1 Å². The molecule has 17 heteroatoms. The number of carbonyl (C=O) groups is 4. The standard InChI is InChI=1S/2C22H23S.C16H22F2O5.C13H20O4.C4H6F2O2/c2*1-22(2,3)18-14-16-21(17-15-18)23(19-10-6-4-7-11-19)20-12-8-5-9-13-20;1-14(17,18)12(19)23-16-6-10-3-11(7-16)5-15(4-10,8-16)13(20)22-9-21-2;1-16-8-17-11(14)12-3-9-2-10(4-12)6-13(15,5-9)7-12;1-4(5,6)3(7)8-2/h2*4-17H,1-3H3;10-11H,3-9H2,1-2H3;9-10,15H,2-8H2,1H3;1-2H3/q2*+1;;;. The van der Waals surface area contributed by atoms with Gasteiger partial charge in [0.25, 0.3) is 0 Å². The molecule has 8 aliphatic rings. The first kappa shape index (κ1) is 73.3. The van der Waals surface area contributed by atoms with Crippen molar-refractivity contribution in [1.29, 1.82) is 0 Å². The van der Waals surface area contributed by atoms with Gasteiger partial charge < -0.3 is 33.5 Å². The van der Waals surface area contributed by atoms with Crippen molar-refractivity contribution < 1.29 is 70.3 Å². The molecular weight excluding hydrogens is 1240 g/mol. The lowest BCUT2D eigenvalue weighted by Gasteiger charge is -2.59. The predicted molar refractivity (Wildman–Crippen MR) is 358 cm³/mol. The highest BCUT2D eigenvalue weighted by Gasteiger charge is 2.64. The van der Waals surface area contributed by atoms with Gasteiger partial charge in [0.15, 0.2) is 43.0 Å². The minimum Gasteiger partial charge on any atom is -0.465 e. The minimum absolute atomic E-state index is 0.0222. The lowest BCUT2D eigenvalue weighted by Crippen LogP contribution is -2.60. The largest absolute Gasteiger partial charge is 0.465 e. The van der Waals surface area contributed by atoms with Gasteiger partial charge in [-0.3, -0.25) is 9.59 Å². The van der Waals surface area contributed by atoms with E-state index in [1.54, 1.807) is 0 Å². The van der Waals surface area contributed by atoms with Crippen molar-refractivity contribution in [3.05, 3.63) is 181 Å². The molecule has 8 saturated carbocycles. The van der Waals surface area contributed by atoms with E-state index >= 15 is 0 Å². The molecule has 11 nitrogen and oxygen atoms in total. The summed E-state index contributed by atoms with van der Waals surface area (Å²) >= 11 is 0. The van der Waals surface area contributed by atoms with Crippen LogP contribution in [0.3, 0.4) is 0 Å². The number of ether oxygens (including phenoxy) is 6. The molecule has 1 N–H and O–H groups in total. The van der Waals surface area contributed by atoms with Gasteiger partial charge in [0.2, 0.25) is 0 Å². The van der Waals surface area contributed by atoms with Crippen molar-refractivity contribution >= 4 is 45.7 Å². The molecule has 506 valence electrons. The maximum Gasteiger partial charge on any atom is 0.377 e. The zero-order valence-corrected chi connectivity index (χ0v) is 57.9. The van der Waals surface area contributed by atoms with E-state index in [9.17, 15) is 41.8 Å². The van der Waals surface area contributed by atoms with E-state index in [-0.39, 0.29) is 76.4 Å². The summed E-state index contributed by atoms with van der Waals surface area (Å²) in [6.45, 7) is 14.5. The fourth-order valence-corrected chi connectivity index (χ4v) is 19.4. The second-order valence-electron chi connectivity index (χ2n) is 28.6. The van der Waals surface area contributed by atoms with Crippen molar-refractivity contribution in [1.82, 2.24) is 0 Å². The van der Waals surface area contributed by atoms with Crippen molar-refractivity contribution in [3.63, 3.8) is 0 Å². The average molecular weight is 1340 g/mol. The highest BCUT2D eigenvalue weighted by atomic mass is 32.2. The molecule has 8 aliphatic carbocycles. The Morgan fingerprint density at radius 2 is 0.723 bits per heavy atom. The second-order valence-corrected chi connectivity index (χ2v) is 32.7. The zero-order chi connectivity index (χ0) is 68.3. The van der Waals surface area contributed by atoms with E-state index in [4.69, 9.17) is 23.7 Å². The molecule has 0 aromatic heterocycles. The fraction of sp³-hybridized carbons (Fsp3) is 0.481. The minimum atomic E-state index is -3.52. The molecule has 0 saturated heterocycles. The van der Waals surface area contributed by atoms with Gasteiger partial charge in [-0.15, -0.1) is 0 Å². The molecule has 8 bridgehead atoms. The van der Waals surface area contributed by atoms with Gasteiger partial charge in [-0.2, -0.15) is 17.6 Å². The summed E-state index contributed by atoms with van der Waals surface area (Å²) in [6, 6.07) is 61.5. The van der Waals surface area contributed by atoms with Gasteiger partial charge in [0.05, 0.1) is 45.3 Å². The van der Waals surface area contributed by atoms with Crippen LogP contribution in [0.15, 0.2) is 199 Å². The number of rotatable bonds is 15. The topological polar surface area (TPSA) is 144 Å². The fourth-order valence-electron chi connectivity index (χ4n) is 15.2. The van der Waals surface area contributed by atoms with Crippen LogP contribution in [0.2, 0.25) is 0 Å². The molecule has 14 rings (SSSR count). The van der Waals surface area contributed by atoms with Crippen molar-refractivity contribution in [2.45, 2.75) is 196 Å². The molecule has 4 atom stereocenters. The monoisotopic (exact) mass is 1330 g/mol. The molecule has 6 aromatic rings. The Hall–Kier alpha value is -6.50. The van der Waals surface area contributed by atoms with Gasteiger partial charge in [0, 0.05) is 34.5 Å². The molecule has 8 fully saturated rings. The lowest BCUT2D eigenvalue weighted by molar-refractivity contribution is -0.227. The quantitative estimate of drug-likeness (QED) is 0.0345. The van der Waals surface area contributed by atoms with Gasteiger partial charge in [-0.1, -0.05) is 139 Å². The van der Waals surface area contributed by atoms with Crippen LogP contribution in [0.25, 0.3) is 0 Å². The van der Waals surface area contributed by atoms with E-state index in [1.807, 2.05) is 0 Å². The number of halogens is 4. The van der Waals surface area contributed by atoms with Crippen LogP contribution < -0.4 is 0 Å². The Balaban J connectivity index is 0.000000155. The molecule has 4 unspecified atom stereocenters. The van der Waals surface area contributed by atoms with Crippen LogP contribution in [0.5, 0.6) is 0 Å². The Labute approximate surface area is 559 Å². The van der Waals surface area contributed by atoms with Crippen LogP contribution in [0.1, 0.15) is 144 Å². The lowest BCUT2D eigenvalue weighted by atomic mass is 9.48. The number of hydrogen-bond acceptors (Lipinski definition) is 11. The maximum atomic E-state index is 13.2. The smallest absolute Gasteiger partial charge is 0.377 e. The SMILES string of the molecule is CC(C)(C)c1ccc([S+](c2ccccc2)c2ccccc2)cc1.CC(C)(C)c1ccc([S+](c2ccccc2)c2ccccc2)cc1.COC(=O)C(C)(F)F.COCOC(=O)C12CC3CC(CC(O)(C3)C1)C2.COCOC(=O)C12CC3CC(CC(OC(=O)C(C)(F)F)(C3)C1)C2. The number of esters is 4. The molecule has 0 amide bonds. The molecule has 0 heterocycles. The van der Waals surface area contributed by atoms with Gasteiger partial charge in [0.1, 0.15) is 5.60 Å². The van der Waals surface area contributed by atoms with E-state index in [0.717, 1.165) is 39.2 Å². The van der Waals surface area contributed by atoms with E-state index in [2.05, 4.69) is 216 Å². The molecule has 6 aromatic carbocycles. The first-order valence-corrected chi connectivity index (χ1v) is 34.8. The van der Waals surface area contributed by atoms with Gasteiger partial charge >= 0.3 is 35.7 Å². The highest BCUT2D eigenvalue weighted by Crippen LogP contribution is 2.64. The maximum absolute atomic E-state index is 13.2. The van der Waals surface area contributed by atoms with Gasteiger partial charge in [-0.25, -0.2) is 9.59 Å². The Kier molecular flexibility index (Phi) is 23.9. The highest BCUT2D eigenvalue weighted by molar-refractivity contribution is 7.97. The first-order valence-electron chi connectivity index (χ1n) is 32.3. The van der Waals surface area contributed by atoms with Crippen LogP contribution in [0.4, 0.5) is 17.6 Å². The van der Waals surface area contributed by atoms with Crippen LogP contribution in [-0.4, -0.2) is 86.9 Å². The molecule has 94 heavy (non-hydrogen) atoms. The number of aliphatic hydroxyl groups is 1. The number of methoxy groups -OCH3 is 3. The number of benzene rings is 6. The molecule has 0 radical (unpaired) electrons. The first-order chi connectivity index (χ1) is 44.3. The molecular formula is C77H94F4O11S2+2. The molecule has 0 spiro atoms. The summed E-state index contributed by atoms with van der Waals surface area (Å²) in [5.74, 6) is -8.95. The summed E-state index contributed by atoms with van der Waals surface area (Å²) in [6.07, 6.45) is 9.03. The van der Waals surface area contributed by atoms with E-state index in [0.29, 0.717) is 57.8 Å². The third kappa shape index (κ3) is 18.7. The summed E-state index contributed by atoms with van der Waals surface area (Å²) in [4.78, 5) is 54.4. The summed E-state index contributed by atoms with van der Waals surface area (Å²) < 4.78 is 78.6. The summed E-state index contributed by atoms with van der Waals surface area (Å²) in [5.41, 5.74) is 0.441. The van der Waals surface area contributed by atoms with Crippen molar-refractivity contribution in [2.24, 2.45) is 34.5 Å². The number of alkyl halides is 4. The predicted octanol–water partition coefficient (Wildman–Crippen LogP) is 17.1. The second kappa shape index (κ2) is 30.7. The van der Waals surface area contributed by atoms with Crippen LogP contribution in [0, 0.1) is 34.5 Å². The average Bonchev–Trinajstić information content (AvgIpc) is 0.726. The normalized spacial score (nSPS) is 24.6. The number of carbonyl (C=O) groups excluding carboxylic acids is 4. The van der Waals surface area contributed by atoms with Crippen molar-refractivity contribution in [3.8, 4) is 0 Å². The third-order valence-corrected chi connectivity index (χ3v) is 23.0. The van der Waals surface area contributed by atoms with E-state index < -0.39 is 45.8 Å². The Bertz CT molecular complexity index is 3180. The van der Waals surface area contributed by atoms with Gasteiger partial charge in [-0.05, 0) is 189 Å². The summed E-state index contributed by atoms with van der Waals surface area (Å²) in [7, 11) is 3.76. The zero-order valence-electron chi connectivity index (χ0n) is 56.2. The Morgan fingerprint density at radius 1 is 0.426 bits per heavy atom. The molecule has 0 aliphatic heterocycles. The van der Waals surface area contributed by atoms with Crippen LogP contribution in [-0.2, 0) is 80.2 Å². The number of hydrogen-bond donors (Lipinski definition) is 1.